The lowest BCUT2D eigenvalue weighted by molar-refractivity contribution is 0.220. The molecule has 0 aliphatic heterocycles. The van der Waals surface area contributed by atoms with Gasteiger partial charge in [0.2, 0.25) is 0 Å². The van der Waals surface area contributed by atoms with Crippen LogP contribution >= 0.6 is 34.5 Å². The van der Waals surface area contributed by atoms with E-state index in [0.717, 1.165) is 10.9 Å². The lowest BCUT2D eigenvalue weighted by Crippen LogP contribution is -1.99. The average Bonchev–Trinajstić information content (AvgIpc) is 2.76. The summed E-state index contributed by atoms with van der Waals surface area (Å²) in [4.78, 5) is 4.33. The Kier molecular flexibility index (Phi) is 3.46. The van der Waals surface area contributed by atoms with Gasteiger partial charge < -0.3 is 5.11 Å². The number of para-hydroxylation sites is 1. The highest BCUT2D eigenvalue weighted by Gasteiger charge is 2.17. The first-order valence-corrected chi connectivity index (χ1v) is 7.20. The van der Waals surface area contributed by atoms with E-state index in [1.54, 1.807) is 12.3 Å². The van der Waals surface area contributed by atoms with Crippen LogP contribution in [0, 0.1) is 0 Å². The number of aliphatic hydroxyl groups excluding tert-OH is 1. The van der Waals surface area contributed by atoms with Gasteiger partial charge in [-0.05, 0) is 18.2 Å². The second kappa shape index (κ2) is 5.10. The minimum Gasteiger partial charge on any atom is -0.384 e. The quantitative estimate of drug-likeness (QED) is 0.745. The monoisotopic (exact) mass is 309 g/mol. The van der Waals surface area contributed by atoms with E-state index in [1.165, 1.54) is 11.3 Å². The zero-order valence-corrected chi connectivity index (χ0v) is 12.0. The summed E-state index contributed by atoms with van der Waals surface area (Å²) in [5.41, 5.74) is 2.22. The second-order valence-corrected chi connectivity index (χ2v) is 6.43. The molecule has 0 spiro atoms. The van der Waals surface area contributed by atoms with E-state index in [2.05, 4.69) is 4.98 Å². The molecule has 0 aliphatic carbocycles. The van der Waals surface area contributed by atoms with Crippen molar-refractivity contribution in [2.75, 3.05) is 0 Å². The molecular weight excluding hydrogens is 301 g/mol. The topological polar surface area (TPSA) is 33.1 Å². The normalized spacial score (nSPS) is 12.8. The number of nitrogens with zero attached hydrogens (tertiary/aromatic N) is 1. The lowest BCUT2D eigenvalue weighted by Gasteiger charge is -2.10. The molecule has 5 heteroatoms. The third kappa shape index (κ3) is 2.47. The van der Waals surface area contributed by atoms with Crippen LogP contribution in [0.5, 0.6) is 0 Å². The number of thiophene rings is 1. The molecule has 0 amide bonds. The largest absolute Gasteiger partial charge is 0.384 e. The number of fused-ring (bicyclic) bond motifs is 1. The Balaban J connectivity index is 2.06. The first kappa shape index (κ1) is 12.9. The van der Waals surface area contributed by atoms with Crippen molar-refractivity contribution in [2.45, 2.75) is 6.10 Å². The maximum atomic E-state index is 10.4. The number of pyridine rings is 1. The van der Waals surface area contributed by atoms with Crippen LogP contribution < -0.4 is 0 Å². The second-order valence-electron chi connectivity index (χ2n) is 4.14. The SMILES string of the molecule is OC(c1cnc2ccccc2c1)c1cc(Cl)sc1Cl. The molecule has 0 bridgehead atoms. The molecule has 3 rings (SSSR count). The summed E-state index contributed by atoms with van der Waals surface area (Å²) in [5.74, 6) is 0. The van der Waals surface area contributed by atoms with Gasteiger partial charge in [0.05, 0.1) is 9.85 Å². The van der Waals surface area contributed by atoms with Crippen LogP contribution in [-0.2, 0) is 0 Å². The van der Waals surface area contributed by atoms with E-state index in [4.69, 9.17) is 23.2 Å². The number of halogens is 2. The van der Waals surface area contributed by atoms with Crippen LogP contribution in [0.15, 0.2) is 42.6 Å². The Labute approximate surface area is 124 Å². The first-order valence-electron chi connectivity index (χ1n) is 5.62. The van der Waals surface area contributed by atoms with E-state index < -0.39 is 6.10 Å². The highest BCUT2D eigenvalue weighted by molar-refractivity contribution is 7.20. The van der Waals surface area contributed by atoms with E-state index >= 15 is 0 Å². The van der Waals surface area contributed by atoms with Crippen molar-refractivity contribution >= 4 is 45.4 Å². The van der Waals surface area contributed by atoms with Gasteiger partial charge in [-0.3, -0.25) is 4.98 Å². The molecule has 0 fully saturated rings. The molecule has 1 unspecified atom stereocenters. The van der Waals surface area contributed by atoms with Crippen LogP contribution in [0.25, 0.3) is 10.9 Å². The molecule has 2 heterocycles. The highest BCUT2D eigenvalue weighted by Crippen LogP contribution is 2.37. The molecule has 0 radical (unpaired) electrons. The Morgan fingerprint density at radius 3 is 2.68 bits per heavy atom. The van der Waals surface area contributed by atoms with Gasteiger partial charge in [-0.2, -0.15) is 0 Å². The molecule has 0 saturated heterocycles. The van der Waals surface area contributed by atoms with Crippen molar-refractivity contribution in [1.82, 2.24) is 4.98 Å². The Morgan fingerprint density at radius 2 is 1.95 bits per heavy atom. The third-order valence-corrected chi connectivity index (χ3v) is 4.42. The number of hydrogen-bond acceptors (Lipinski definition) is 3. The van der Waals surface area contributed by atoms with Gasteiger partial charge in [-0.1, -0.05) is 41.4 Å². The molecular formula is C14H9Cl2NOS. The van der Waals surface area contributed by atoms with Gasteiger partial charge in [-0.15, -0.1) is 11.3 Å². The summed E-state index contributed by atoms with van der Waals surface area (Å²) in [5, 5.41) is 11.4. The zero-order chi connectivity index (χ0) is 13.4. The van der Waals surface area contributed by atoms with Crippen LogP contribution in [0.2, 0.25) is 8.67 Å². The minimum absolute atomic E-state index is 0.505. The number of hydrogen-bond donors (Lipinski definition) is 1. The molecule has 1 aromatic carbocycles. The Morgan fingerprint density at radius 1 is 1.16 bits per heavy atom. The predicted molar refractivity (Wildman–Crippen MR) is 80.1 cm³/mol. The fourth-order valence-corrected chi connectivity index (χ4v) is 3.48. The summed E-state index contributed by atoms with van der Waals surface area (Å²) >= 11 is 13.2. The fraction of sp³-hybridized carbons (Fsp3) is 0.0714. The molecule has 3 aromatic rings. The number of benzene rings is 1. The summed E-state index contributed by atoms with van der Waals surface area (Å²) < 4.78 is 1.07. The lowest BCUT2D eigenvalue weighted by atomic mass is 10.0. The molecule has 2 nitrogen and oxygen atoms in total. The fourth-order valence-electron chi connectivity index (χ4n) is 1.96. The zero-order valence-electron chi connectivity index (χ0n) is 9.68. The van der Waals surface area contributed by atoms with Crippen molar-refractivity contribution in [1.29, 1.82) is 0 Å². The Hall–Kier alpha value is -1.13. The smallest absolute Gasteiger partial charge is 0.108 e. The van der Waals surface area contributed by atoms with E-state index in [0.29, 0.717) is 19.8 Å². The first-order chi connectivity index (χ1) is 9.15. The summed E-state index contributed by atoms with van der Waals surface area (Å²) in [6.07, 6.45) is 0.850. The molecule has 96 valence electrons. The maximum Gasteiger partial charge on any atom is 0.108 e. The van der Waals surface area contributed by atoms with Crippen molar-refractivity contribution in [3.8, 4) is 0 Å². The molecule has 0 saturated carbocycles. The predicted octanol–water partition coefficient (Wildman–Crippen LogP) is 4.68. The van der Waals surface area contributed by atoms with Gasteiger partial charge in [0.1, 0.15) is 10.4 Å². The van der Waals surface area contributed by atoms with Crippen molar-refractivity contribution < 1.29 is 5.11 Å². The number of rotatable bonds is 2. The van der Waals surface area contributed by atoms with Crippen molar-refractivity contribution in [2.24, 2.45) is 0 Å². The summed E-state index contributed by atoms with van der Waals surface area (Å²) in [6.45, 7) is 0. The third-order valence-electron chi connectivity index (χ3n) is 2.91. The standard InChI is InChI=1S/C14H9Cl2NOS/c15-12-6-10(14(16)19-12)13(18)9-5-8-3-1-2-4-11(8)17-7-9/h1-7,13,18H. The molecule has 19 heavy (non-hydrogen) atoms. The molecule has 1 N–H and O–H groups in total. The molecule has 2 aromatic heterocycles. The number of aliphatic hydroxyl groups is 1. The molecule has 0 aliphatic rings. The summed E-state index contributed by atoms with van der Waals surface area (Å²) in [6, 6.07) is 11.4. The maximum absolute atomic E-state index is 10.4. The highest BCUT2D eigenvalue weighted by atomic mass is 35.5. The van der Waals surface area contributed by atoms with Crippen LogP contribution in [0.3, 0.4) is 0 Å². The van der Waals surface area contributed by atoms with E-state index in [-0.39, 0.29) is 0 Å². The van der Waals surface area contributed by atoms with E-state index in [9.17, 15) is 5.11 Å². The molecule has 1 atom stereocenters. The van der Waals surface area contributed by atoms with Gasteiger partial charge in [0, 0.05) is 22.7 Å². The van der Waals surface area contributed by atoms with Gasteiger partial charge in [0.15, 0.2) is 0 Å². The average molecular weight is 310 g/mol. The van der Waals surface area contributed by atoms with Crippen molar-refractivity contribution in [3.63, 3.8) is 0 Å². The van der Waals surface area contributed by atoms with E-state index in [1.807, 2.05) is 30.3 Å². The minimum atomic E-state index is -0.812. The van der Waals surface area contributed by atoms with Gasteiger partial charge >= 0.3 is 0 Å². The van der Waals surface area contributed by atoms with Gasteiger partial charge in [0.25, 0.3) is 0 Å². The van der Waals surface area contributed by atoms with Gasteiger partial charge in [-0.25, -0.2) is 0 Å². The van der Waals surface area contributed by atoms with Crippen LogP contribution in [-0.4, -0.2) is 10.1 Å². The van der Waals surface area contributed by atoms with Crippen molar-refractivity contribution in [3.05, 3.63) is 62.4 Å². The Bertz CT molecular complexity index is 741. The summed E-state index contributed by atoms with van der Waals surface area (Å²) in [7, 11) is 0. The number of aromatic nitrogens is 1. The van der Waals surface area contributed by atoms with Crippen LogP contribution in [0.1, 0.15) is 17.2 Å². The van der Waals surface area contributed by atoms with Crippen LogP contribution in [0.4, 0.5) is 0 Å².